The van der Waals surface area contributed by atoms with E-state index in [-0.39, 0.29) is 18.9 Å². The second-order valence-corrected chi connectivity index (χ2v) is 6.73. The number of carbonyl (C=O) groups excluding carboxylic acids is 2. The molecule has 0 saturated carbocycles. The summed E-state index contributed by atoms with van der Waals surface area (Å²) >= 11 is 7.64. The van der Waals surface area contributed by atoms with Crippen molar-refractivity contribution in [3.8, 4) is 5.75 Å². The highest BCUT2D eigenvalue weighted by Gasteiger charge is 2.21. The van der Waals surface area contributed by atoms with Gasteiger partial charge in [-0.15, -0.1) is 11.3 Å². The van der Waals surface area contributed by atoms with Crippen LogP contribution in [0.25, 0.3) is 10.1 Å². The largest absolute Gasteiger partial charge is 0.487 e. The molecule has 6 nitrogen and oxygen atoms in total. The molecular formula is C18H15ClN2O4S. The predicted molar refractivity (Wildman–Crippen MR) is 99.9 cm³/mol. The fraction of sp³-hybridized carbons (Fsp3) is 0.167. The van der Waals surface area contributed by atoms with E-state index in [1.807, 2.05) is 12.1 Å². The molecule has 3 aromatic rings. The minimum atomic E-state index is -0.614. The summed E-state index contributed by atoms with van der Waals surface area (Å²) in [5.74, 6) is -0.585. The first-order chi connectivity index (χ1) is 12.5. The van der Waals surface area contributed by atoms with Crippen molar-refractivity contribution < 1.29 is 19.1 Å². The lowest BCUT2D eigenvalue weighted by Crippen LogP contribution is -2.12. The fourth-order valence-corrected chi connectivity index (χ4v) is 3.91. The van der Waals surface area contributed by atoms with Crippen LogP contribution in [0.4, 0.5) is 0 Å². The van der Waals surface area contributed by atoms with Gasteiger partial charge in [0.1, 0.15) is 22.9 Å². The van der Waals surface area contributed by atoms with Crippen LogP contribution in [-0.2, 0) is 11.3 Å². The highest BCUT2D eigenvalue weighted by atomic mass is 35.5. The van der Waals surface area contributed by atoms with Crippen LogP contribution in [0.1, 0.15) is 32.6 Å². The average molecular weight is 391 g/mol. The van der Waals surface area contributed by atoms with E-state index in [4.69, 9.17) is 26.8 Å². The predicted octanol–water partition coefficient (Wildman–Crippen LogP) is 3.80. The topological polar surface area (TPSA) is 91.5 Å². The summed E-state index contributed by atoms with van der Waals surface area (Å²) in [5.41, 5.74) is 5.98. The van der Waals surface area contributed by atoms with Crippen LogP contribution in [-0.4, -0.2) is 23.5 Å². The van der Waals surface area contributed by atoms with Crippen LogP contribution >= 0.6 is 22.9 Å². The number of esters is 1. The molecule has 3 rings (SSSR count). The van der Waals surface area contributed by atoms with Crippen LogP contribution in [0.2, 0.25) is 5.02 Å². The number of nitrogens with zero attached hydrogens (tertiary/aromatic N) is 1. The molecular weight excluding hydrogens is 376 g/mol. The van der Waals surface area contributed by atoms with E-state index >= 15 is 0 Å². The maximum Gasteiger partial charge on any atom is 0.348 e. The van der Waals surface area contributed by atoms with Crippen LogP contribution in [0, 0.1) is 0 Å². The molecule has 2 N–H and O–H groups in total. The molecule has 2 aromatic heterocycles. The maximum atomic E-state index is 12.3. The summed E-state index contributed by atoms with van der Waals surface area (Å²) in [6.07, 6.45) is 1.40. The molecule has 0 atom stereocenters. The zero-order valence-corrected chi connectivity index (χ0v) is 15.4. The van der Waals surface area contributed by atoms with Gasteiger partial charge in [-0.2, -0.15) is 0 Å². The molecule has 0 spiro atoms. The molecule has 0 aliphatic rings. The summed E-state index contributed by atoms with van der Waals surface area (Å²) in [4.78, 5) is 27.8. The Labute approximate surface area is 158 Å². The number of rotatable bonds is 6. The van der Waals surface area contributed by atoms with Crippen LogP contribution in [0.5, 0.6) is 5.75 Å². The normalized spacial score (nSPS) is 10.7. The van der Waals surface area contributed by atoms with Crippen molar-refractivity contribution in [1.82, 2.24) is 4.98 Å². The minimum Gasteiger partial charge on any atom is -0.487 e. The minimum absolute atomic E-state index is 0.107. The van der Waals surface area contributed by atoms with Crippen molar-refractivity contribution in [3.63, 3.8) is 0 Å². The van der Waals surface area contributed by atoms with Crippen LogP contribution in [0.15, 0.2) is 36.5 Å². The summed E-state index contributed by atoms with van der Waals surface area (Å²) in [7, 11) is 0. The van der Waals surface area contributed by atoms with E-state index in [0.717, 1.165) is 10.1 Å². The number of hydrogen-bond donors (Lipinski definition) is 1. The lowest BCUT2D eigenvalue weighted by Gasteiger charge is -2.08. The van der Waals surface area contributed by atoms with E-state index in [1.54, 1.807) is 19.1 Å². The number of aromatic nitrogens is 1. The Kier molecular flexibility index (Phi) is 5.39. The first-order valence-electron chi connectivity index (χ1n) is 7.77. The van der Waals surface area contributed by atoms with Gasteiger partial charge >= 0.3 is 5.97 Å². The van der Waals surface area contributed by atoms with Crippen molar-refractivity contribution in [2.45, 2.75) is 13.5 Å². The Morgan fingerprint density at radius 1 is 1.27 bits per heavy atom. The first kappa shape index (κ1) is 18.2. The number of thiophene rings is 1. The van der Waals surface area contributed by atoms with E-state index in [0.29, 0.717) is 21.2 Å². The lowest BCUT2D eigenvalue weighted by molar-refractivity contribution is 0.0529. The zero-order valence-electron chi connectivity index (χ0n) is 13.8. The third-order valence-corrected chi connectivity index (χ3v) is 5.09. The number of ether oxygens (including phenoxy) is 2. The number of halogens is 1. The van der Waals surface area contributed by atoms with E-state index < -0.39 is 11.9 Å². The molecule has 1 amide bonds. The second kappa shape index (κ2) is 7.72. The average Bonchev–Trinajstić information content (AvgIpc) is 3.00. The lowest BCUT2D eigenvalue weighted by atomic mass is 10.1. The molecule has 8 heteroatoms. The molecule has 0 unspecified atom stereocenters. The molecule has 1 aromatic carbocycles. The van der Waals surface area contributed by atoms with Crippen molar-refractivity contribution in [1.29, 1.82) is 0 Å². The highest BCUT2D eigenvalue weighted by molar-refractivity contribution is 7.21. The van der Waals surface area contributed by atoms with Gasteiger partial charge in [0, 0.05) is 20.7 Å². The summed E-state index contributed by atoms with van der Waals surface area (Å²) < 4.78 is 11.8. The molecule has 0 fully saturated rings. The third kappa shape index (κ3) is 3.63. The number of fused-ring (bicyclic) bond motifs is 1. The Morgan fingerprint density at radius 2 is 2.08 bits per heavy atom. The zero-order chi connectivity index (χ0) is 18.7. The number of carbonyl (C=O) groups is 2. The fourth-order valence-electron chi connectivity index (χ4n) is 2.43. The van der Waals surface area contributed by atoms with Gasteiger partial charge in [0.15, 0.2) is 0 Å². The summed E-state index contributed by atoms with van der Waals surface area (Å²) in [6.45, 7) is 2.13. The van der Waals surface area contributed by atoms with Crippen molar-refractivity contribution in [2.24, 2.45) is 5.73 Å². The van der Waals surface area contributed by atoms with Crippen molar-refractivity contribution in [2.75, 3.05) is 6.61 Å². The summed E-state index contributed by atoms with van der Waals surface area (Å²) in [5, 5.41) is 1.30. The molecule has 0 aliphatic carbocycles. The van der Waals surface area contributed by atoms with Gasteiger partial charge in [0.2, 0.25) is 0 Å². The van der Waals surface area contributed by atoms with Gasteiger partial charge in [0.05, 0.1) is 12.8 Å². The number of benzene rings is 1. The standard InChI is InChI=1S/C18H15ClN2O4S/c1-2-24-18(23)16-11(15-12(19)4-3-5-14(15)26-16)9-25-10-6-7-13(17(20)22)21-8-10/h3-8H,2,9H2,1H3,(H2,20,22). The highest BCUT2D eigenvalue weighted by Crippen LogP contribution is 2.37. The quantitative estimate of drug-likeness (QED) is 0.646. The number of primary amides is 1. The Bertz CT molecular complexity index is 969. The van der Waals surface area contributed by atoms with Crippen LogP contribution < -0.4 is 10.5 Å². The van der Waals surface area contributed by atoms with Crippen molar-refractivity contribution in [3.05, 3.63) is 57.7 Å². The van der Waals surface area contributed by atoms with Crippen molar-refractivity contribution >= 4 is 44.9 Å². The molecule has 0 aliphatic heterocycles. The molecule has 134 valence electrons. The van der Waals surface area contributed by atoms with Gasteiger partial charge in [-0.3, -0.25) is 4.79 Å². The Hall–Kier alpha value is -2.64. The third-order valence-electron chi connectivity index (χ3n) is 3.60. The maximum absolute atomic E-state index is 12.3. The van der Waals surface area contributed by atoms with E-state index in [2.05, 4.69) is 4.98 Å². The molecule has 2 heterocycles. The second-order valence-electron chi connectivity index (χ2n) is 5.28. The van der Waals surface area contributed by atoms with Gasteiger partial charge in [0.25, 0.3) is 5.91 Å². The molecule has 26 heavy (non-hydrogen) atoms. The van der Waals surface area contributed by atoms with Gasteiger partial charge < -0.3 is 15.2 Å². The molecule has 0 saturated heterocycles. The van der Waals surface area contributed by atoms with Gasteiger partial charge in [-0.1, -0.05) is 17.7 Å². The smallest absolute Gasteiger partial charge is 0.348 e. The van der Waals surface area contributed by atoms with Gasteiger partial charge in [-0.25, -0.2) is 9.78 Å². The first-order valence-corrected chi connectivity index (χ1v) is 8.96. The number of nitrogens with two attached hydrogens (primary N) is 1. The Morgan fingerprint density at radius 3 is 2.73 bits per heavy atom. The number of pyridine rings is 1. The molecule has 0 radical (unpaired) electrons. The van der Waals surface area contributed by atoms with Gasteiger partial charge in [-0.05, 0) is 31.2 Å². The van der Waals surface area contributed by atoms with E-state index in [1.165, 1.54) is 23.6 Å². The number of amides is 1. The van der Waals surface area contributed by atoms with E-state index in [9.17, 15) is 9.59 Å². The van der Waals surface area contributed by atoms with Crippen LogP contribution in [0.3, 0.4) is 0 Å². The summed E-state index contributed by atoms with van der Waals surface area (Å²) in [6, 6.07) is 8.54. The SMILES string of the molecule is CCOC(=O)c1sc2cccc(Cl)c2c1COc1ccc(C(N)=O)nc1. The Balaban J connectivity index is 1.93. The molecule has 0 bridgehead atoms. The number of hydrogen-bond acceptors (Lipinski definition) is 6. The monoisotopic (exact) mass is 390 g/mol.